The van der Waals surface area contributed by atoms with E-state index in [1.807, 2.05) is 74.5 Å². The lowest BCUT2D eigenvalue weighted by Crippen LogP contribution is -2.41. The topological polar surface area (TPSA) is 47.6 Å². The summed E-state index contributed by atoms with van der Waals surface area (Å²) < 4.78 is 11.5. The lowest BCUT2D eigenvalue weighted by atomic mass is 9.89. The number of ether oxygens (including phenoxy) is 2. The molecule has 0 saturated heterocycles. The van der Waals surface area contributed by atoms with Gasteiger partial charge in [-0.1, -0.05) is 42.5 Å². The van der Waals surface area contributed by atoms with E-state index in [2.05, 4.69) is 17.4 Å². The van der Waals surface area contributed by atoms with Crippen LogP contribution in [0.4, 0.5) is 0 Å². The minimum absolute atomic E-state index is 0.0962. The Bertz CT molecular complexity index is 1010. The predicted octanol–water partition coefficient (Wildman–Crippen LogP) is 5.39. The lowest BCUT2D eigenvalue weighted by molar-refractivity contribution is 0.0618. The number of methoxy groups -OCH3 is 1. The van der Waals surface area contributed by atoms with Gasteiger partial charge in [0.05, 0.1) is 13.2 Å². The zero-order valence-corrected chi connectivity index (χ0v) is 16.9. The quantitative estimate of drug-likeness (QED) is 0.652. The Hall–Kier alpha value is -3.27. The van der Waals surface area contributed by atoms with Gasteiger partial charge in [-0.2, -0.15) is 0 Å². The summed E-state index contributed by atoms with van der Waals surface area (Å²) in [6.07, 6.45) is 0.682. The minimum Gasteiger partial charge on any atom is -0.497 e. The van der Waals surface area contributed by atoms with Crippen molar-refractivity contribution in [3.8, 4) is 22.6 Å². The van der Waals surface area contributed by atoms with Crippen LogP contribution < -0.4 is 14.8 Å². The molecule has 0 saturated carbocycles. The number of hydrogen-bond acceptors (Lipinski definition) is 3. The Morgan fingerprint density at radius 3 is 2.38 bits per heavy atom. The number of benzene rings is 3. The van der Waals surface area contributed by atoms with E-state index in [1.165, 1.54) is 0 Å². The van der Waals surface area contributed by atoms with Crippen LogP contribution in [0.1, 0.15) is 42.2 Å². The molecular formula is C25H25NO3. The number of hydrogen-bond donors (Lipinski definition) is 1. The first kappa shape index (κ1) is 19.1. The number of rotatable bonds is 4. The van der Waals surface area contributed by atoms with E-state index in [9.17, 15) is 4.79 Å². The molecule has 1 heterocycles. The Morgan fingerprint density at radius 2 is 1.69 bits per heavy atom. The summed E-state index contributed by atoms with van der Waals surface area (Å²) in [5.74, 6) is 1.44. The highest BCUT2D eigenvalue weighted by atomic mass is 16.5. The van der Waals surface area contributed by atoms with Gasteiger partial charge in [0.25, 0.3) is 5.91 Å². The minimum atomic E-state index is -0.364. The first-order valence-corrected chi connectivity index (χ1v) is 9.78. The highest BCUT2D eigenvalue weighted by molar-refractivity contribution is 5.95. The molecule has 0 bridgehead atoms. The van der Waals surface area contributed by atoms with E-state index >= 15 is 0 Å². The number of carbonyl (C=O) groups excluding carboxylic acids is 1. The third kappa shape index (κ3) is 4.11. The van der Waals surface area contributed by atoms with Crippen LogP contribution in [0.5, 0.6) is 11.5 Å². The average Bonchev–Trinajstić information content (AvgIpc) is 2.73. The maximum Gasteiger partial charge on any atom is 0.251 e. The Balaban J connectivity index is 1.56. The normalized spacial score (nSPS) is 17.0. The second-order valence-electron chi connectivity index (χ2n) is 7.94. The summed E-state index contributed by atoms with van der Waals surface area (Å²) >= 11 is 0. The van der Waals surface area contributed by atoms with Crippen LogP contribution in [0.2, 0.25) is 0 Å². The fourth-order valence-corrected chi connectivity index (χ4v) is 3.77. The van der Waals surface area contributed by atoms with Crippen molar-refractivity contribution < 1.29 is 14.3 Å². The third-order valence-electron chi connectivity index (χ3n) is 5.23. The average molecular weight is 387 g/mol. The molecule has 1 atom stereocenters. The molecule has 29 heavy (non-hydrogen) atoms. The summed E-state index contributed by atoms with van der Waals surface area (Å²) in [5.41, 5.74) is 3.43. The van der Waals surface area contributed by atoms with Crippen molar-refractivity contribution in [3.63, 3.8) is 0 Å². The van der Waals surface area contributed by atoms with Gasteiger partial charge in [-0.05, 0) is 55.3 Å². The molecule has 4 rings (SSSR count). The summed E-state index contributed by atoms with van der Waals surface area (Å²) in [7, 11) is 1.64. The van der Waals surface area contributed by atoms with Crippen LogP contribution in [-0.2, 0) is 0 Å². The van der Waals surface area contributed by atoms with Crippen molar-refractivity contribution in [1.29, 1.82) is 0 Å². The Labute approximate surface area is 171 Å². The molecular weight excluding hydrogens is 362 g/mol. The van der Waals surface area contributed by atoms with Gasteiger partial charge < -0.3 is 14.8 Å². The molecule has 1 unspecified atom stereocenters. The summed E-state index contributed by atoms with van der Waals surface area (Å²) in [5, 5.41) is 3.18. The van der Waals surface area contributed by atoms with E-state index in [0.29, 0.717) is 12.0 Å². The third-order valence-corrected chi connectivity index (χ3v) is 5.23. The van der Waals surface area contributed by atoms with Crippen molar-refractivity contribution in [3.05, 3.63) is 83.9 Å². The van der Waals surface area contributed by atoms with Gasteiger partial charge in [-0.15, -0.1) is 0 Å². The number of nitrogens with one attached hydrogen (secondary N) is 1. The fraction of sp³-hybridized carbons (Fsp3) is 0.240. The second kappa shape index (κ2) is 7.63. The van der Waals surface area contributed by atoms with E-state index in [0.717, 1.165) is 28.2 Å². The number of fused-ring (bicyclic) bond motifs is 1. The van der Waals surface area contributed by atoms with Gasteiger partial charge in [-0.25, -0.2) is 0 Å². The maximum atomic E-state index is 13.0. The highest BCUT2D eigenvalue weighted by Gasteiger charge is 2.35. The van der Waals surface area contributed by atoms with Crippen molar-refractivity contribution in [1.82, 2.24) is 5.32 Å². The standard InChI is InChI=1S/C25H25NO3/c1-25(2)16-22(21-15-20(28-3)13-14-23(21)29-25)26-24(27)19-11-9-18(10-12-19)17-7-5-4-6-8-17/h4-15,22H,16H2,1-3H3,(H,26,27). The van der Waals surface area contributed by atoms with Gasteiger partial charge in [0.2, 0.25) is 0 Å². The lowest BCUT2D eigenvalue weighted by Gasteiger charge is -2.38. The van der Waals surface area contributed by atoms with Crippen molar-refractivity contribution in [2.75, 3.05) is 7.11 Å². The second-order valence-corrected chi connectivity index (χ2v) is 7.94. The molecule has 4 heteroatoms. The molecule has 1 amide bonds. The first-order valence-electron chi connectivity index (χ1n) is 9.78. The number of amides is 1. The first-order chi connectivity index (χ1) is 13.9. The predicted molar refractivity (Wildman–Crippen MR) is 114 cm³/mol. The molecule has 148 valence electrons. The molecule has 3 aromatic rings. The van der Waals surface area contributed by atoms with Crippen LogP contribution in [0, 0.1) is 0 Å². The fourth-order valence-electron chi connectivity index (χ4n) is 3.77. The van der Waals surface area contributed by atoms with Crippen molar-refractivity contribution >= 4 is 5.91 Å². The van der Waals surface area contributed by atoms with E-state index in [1.54, 1.807) is 7.11 Å². The molecule has 0 aromatic heterocycles. The Kier molecular flexibility index (Phi) is 5.01. The molecule has 1 aliphatic heterocycles. The van der Waals surface area contributed by atoms with Crippen molar-refractivity contribution in [2.45, 2.75) is 31.9 Å². The van der Waals surface area contributed by atoms with Gasteiger partial charge in [0, 0.05) is 17.5 Å². The zero-order chi connectivity index (χ0) is 20.4. The smallest absolute Gasteiger partial charge is 0.251 e. The van der Waals surface area contributed by atoms with E-state index in [-0.39, 0.29) is 17.6 Å². The van der Waals surface area contributed by atoms with Crippen LogP contribution in [-0.4, -0.2) is 18.6 Å². The molecule has 4 nitrogen and oxygen atoms in total. The van der Waals surface area contributed by atoms with Gasteiger partial charge >= 0.3 is 0 Å². The van der Waals surface area contributed by atoms with Gasteiger partial charge in [0.1, 0.15) is 17.1 Å². The van der Waals surface area contributed by atoms with Crippen LogP contribution in [0.3, 0.4) is 0 Å². The Morgan fingerprint density at radius 1 is 1.00 bits per heavy atom. The summed E-state index contributed by atoms with van der Waals surface area (Å²) in [6.45, 7) is 4.07. The van der Waals surface area contributed by atoms with E-state index < -0.39 is 0 Å². The number of carbonyl (C=O) groups is 1. The molecule has 0 radical (unpaired) electrons. The zero-order valence-electron chi connectivity index (χ0n) is 16.9. The molecule has 1 aliphatic rings. The van der Waals surface area contributed by atoms with Crippen molar-refractivity contribution in [2.24, 2.45) is 0 Å². The maximum absolute atomic E-state index is 13.0. The van der Waals surface area contributed by atoms with Gasteiger partial charge in [-0.3, -0.25) is 4.79 Å². The van der Waals surface area contributed by atoms with Crippen LogP contribution in [0.25, 0.3) is 11.1 Å². The molecule has 3 aromatic carbocycles. The monoisotopic (exact) mass is 387 g/mol. The molecule has 0 fully saturated rings. The highest BCUT2D eigenvalue weighted by Crippen LogP contribution is 2.41. The van der Waals surface area contributed by atoms with Crippen LogP contribution >= 0.6 is 0 Å². The molecule has 1 N–H and O–H groups in total. The van der Waals surface area contributed by atoms with Crippen LogP contribution in [0.15, 0.2) is 72.8 Å². The summed E-state index contributed by atoms with van der Waals surface area (Å²) in [4.78, 5) is 13.0. The SMILES string of the molecule is COc1ccc2c(c1)C(NC(=O)c1ccc(-c3ccccc3)cc1)CC(C)(C)O2. The molecule has 0 spiro atoms. The van der Waals surface area contributed by atoms with E-state index in [4.69, 9.17) is 9.47 Å². The van der Waals surface area contributed by atoms with Gasteiger partial charge in [0.15, 0.2) is 0 Å². The molecule has 0 aliphatic carbocycles. The largest absolute Gasteiger partial charge is 0.497 e. The summed E-state index contributed by atoms with van der Waals surface area (Å²) in [6, 6.07) is 23.4.